The summed E-state index contributed by atoms with van der Waals surface area (Å²) >= 11 is 0. The maximum absolute atomic E-state index is 11.8. The van der Waals surface area contributed by atoms with Crippen molar-refractivity contribution in [2.24, 2.45) is 5.92 Å². The highest BCUT2D eigenvalue weighted by atomic mass is 16.5. The zero-order valence-electron chi connectivity index (χ0n) is 20.5. The second-order valence-electron chi connectivity index (χ2n) is 9.87. The monoisotopic (exact) mass is 451 g/mol. The Bertz CT molecular complexity index is 1040. The lowest BCUT2D eigenvalue weighted by Gasteiger charge is -2.24. The Hall–Kier alpha value is -2.73. The molecule has 0 aliphatic heterocycles. The number of aldehydes is 1. The lowest BCUT2D eigenvalue weighted by molar-refractivity contribution is -0.119. The van der Waals surface area contributed by atoms with Gasteiger partial charge in [-0.15, -0.1) is 15.0 Å². The molecular weight excluding hydrogens is 414 g/mol. The molecule has 2 aromatic carbocycles. The second-order valence-corrected chi connectivity index (χ2v) is 9.87. The molecule has 0 amide bonds. The van der Waals surface area contributed by atoms with Crippen LogP contribution in [0.2, 0.25) is 0 Å². The van der Waals surface area contributed by atoms with Crippen molar-refractivity contribution in [3.63, 3.8) is 0 Å². The number of hydrogen-bond donors (Lipinski definition) is 1. The third kappa shape index (κ3) is 6.20. The van der Waals surface area contributed by atoms with Crippen LogP contribution in [0.15, 0.2) is 36.4 Å². The number of phenolic OH excluding ortho intramolecular Hbond substituents is 1. The van der Waals surface area contributed by atoms with Crippen LogP contribution in [0, 0.1) is 5.92 Å². The van der Waals surface area contributed by atoms with E-state index in [9.17, 15) is 9.90 Å². The molecule has 2 atom stereocenters. The van der Waals surface area contributed by atoms with Crippen LogP contribution in [0.1, 0.15) is 71.4 Å². The molecule has 0 saturated carbocycles. The van der Waals surface area contributed by atoms with Gasteiger partial charge in [0.25, 0.3) is 0 Å². The van der Waals surface area contributed by atoms with E-state index in [1.807, 2.05) is 36.4 Å². The van der Waals surface area contributed by atoms with Crippen molar-refractivity contribution in [3.05, 3.63) is 47.5 Å². The van der Waals surface area contributed by atoms with Gasteiger partial charge in [0.1, 0.15) is 34.9 Å². The first-order valence-corrected chi connectivity index (χ1v) is 12.0. The van der Waals surface area contributed by atoms with E-state index in [1.54, 1.807) is 0 Å². The number of phenols is 1. The standard InChI is InChI=1S/C27H37N3O3/c1-6-8-11-19(7-2)18-33-21(17-31)14-20-15-22(27(3,4)5)26(32)25(16-20)30-28-23-12-9-10-13-24(23)29-30/h9-10,12-13,15-17,19,21,32H,6-8,11,14,18H2,1-5H3. The van der Waals surface area contributed by atoms with Crippen molar-refractivity contribution in [1.82, 2.24) is 15.0 Å². The van der Waals surface area contributed by atoms with Crippen LogP contribution in [0.3, 0.4) is 0 Å². The summed E-state index contributed by atoms with van der Waals surface area (Å²) in [5.41, 5.74) is 3.42. The fraction of sp³-hybridized carbons (Fsp3) is 0.519. The van der Waals surface area contributed by atoms with E-state index in [4.69, 9.17) is 4.74 Å². The zero-order valence-corrected chi connectivity index (χ0v) is 20.5. The number of carbonyl (C=O) groups excluding carboxylic acids is 1. The van der Waals surface area contributed by atoms with Crippen LogP contribution >= 0.6 is 0 Å². The minimum atomic E-state index is -0.532. The predicted octanol–water partition coefficient (Wildman–Crippen LogP) is 5.77. The van der Waals surface area contributed by atoms with Crippen LogP contribution < -0.4 is 0 Å². The number of nitrogens with zero attached hydrogens (tertiary/aromatic N) is 3. The number of aromatic hydroxyl groups is 1. The van der Waals surface area contributed by atoms with Crippen molar-refractivity contribution in [2.75, 3.05) is 6.61 Å². The van der Waals surface area contributed by atoms with Crippen molar-refractivity contribution >= 4 is 17.3 Å². The molecule has 0 fully saturated rings. The molecule has 1 aromatic heterocycles. The Kier molecular flexibility index (Phi) is 8.25. The number of aromatic nitrogens is 3. The van der Waals surface area contributed by atoms with Gasteiger partial charge in [-0.2, -0.15) is 0 Å². The summed E-state index contributed by atoms with van der Waals surface area (Å²) in [5, 5.41) is 20.2. The van der Waals surface area contributed by atoms with E-state index >= 15 is 0 Å². The molecule has 3 rings (SSSR count). The fourth-order valence-electron chi connectivity index (χ4n) is 4.02. The molecule has 3 aromatic rings. The van der Waals surface area contributed by atoms with Crippen molar-refractivity contribution < 1.29 is 14.6 Å². The number of rotatable bonds is 11. The van der Waals surface area contributed by atoms with Crippen LogP contribution in [-0.4, -0.2) is 39.1 Å². The number of hydrogen-bond acceptors (Lipinski definition) is 5. The maximum Gasteiger partial charge on any atom is 0.149 e. The molecule has 0 aliphatic rings. The molecule has 1 heterocycles. The molecule has 0 aliphatic carbocycles. The quantitative estimate of drug-likeness (QED) is 0.375. The normalized spacial score (nSPS) is 13.8. The van der Waals surface area contributed by atoms with Crippen molar-refractivity contribution in [2.45, 2.75) is 78.2 Å². The largest absolute Gasteiger partial charge is 0.505 e. The Labute approximate surface area is 197 Å². The van der Waals surface area contributed by atoms with Crippen LogP contribution in [0.4, 0.5) is 0 Å². The molecule has 6 nitrogen and oxygen atoms in total. The Morgan fingerprint density at radius 3 is 2.33 bits per heavy atom. The number of fused-ring (bicyclic) bond motifs is 1. The third-order valence-corrected chi connectivity index (χ3v) is 6.14. The molecule has 2 unspecified atom stereocenters. The first-order valence-electron chi connectivity index (χ1n) is 12.0. The summed E-state index contributed by atoms with van der Waals surface area (Å²) in [4.78, 5) is 13.3. The number of carbonyl (C=O) groups is 1. The maximum atomic E-state index is 11.8. The Morgan fingerprint density at radius 2 is 1.79 bits per heavy atom. The molecule has 0 spiro atoms. The first-order chi connectivity index (χ1) is 15.8. The minimum Gasteiger partial charge on any atom is -0.505 e. The molecule has 1 N–H and O–H groups in total. The van der Waals surface area contributed by atoms with Gasteiger partial charge in [-0.3, -0.25) is 0 Å². The van der Waals surface area contributed by atoms with E-state index in [2.05, 4.69) is 44.8 Å². The third-order valence-electron chi connectivity index (χ3n) is 6.14. The van der Waals surface area contributed by atoms with Gasteiger partial charge in [0.2, 0.25) is 0 Å². The number of benzene rings is 2. The van der Waals surface area contributed by atoms with Crippen molar-refractivity contribution in [3.8, 4) is 11.4 Å². The van der Waals surface area contributed by atoms with Crippen LogP contribution in [-0.2, 0) is 21.4 Å². The van der Waals surface area contributed by atoms with Gasteiger partial charge in [-0.1, -0.05) is 72.1 Å². The summed E-state index contributed by atoms with van der Waals surface area (Å²) in [6.07, 6.45) is 5.29. The van der Waals surface area contributed by atoms with Gasteiger partial charge in [-0.25, -0.2) is 0 Å². The molecule has 0 saturated heterocycles. The van der Waals surface area contributed by atoms with E-state index < -0.39 is 6.10 Å². The predicted molar refractivity (Wildman–Crippen MR) is 132 cm³/mol. The van der Waals surface area contributed by atoms with Gasteiger partial charge in [0.05, 0.1) is 6.61 Å². The SMILES string of the molecule is CCCCC(CC)COC(C=O)Cc1cc(-n2nc3ccccc3n2)c(O)c(C(C)(C)C)c1. The fourth-order valence-corrected chi connectivity index (χ4v) is 4.02. The zero-order chi connectivity index (χ0) is 24.0. The average Bonchev–Trinajstić information content (AvgIpc) is 3.22. The molecule has 0 bridgehead atoms. The highest BCUT2D eigenvalue weighted by Crippen LogP contribution is 2.36. The smallest absolute Gasteiger partial charge is 0.149 e. The summed E-state index contributed by atoms with van der Waals surface area (Å²) in [6, 6.07) is 11.4. The van der Waals surface area contributed by atoms with Crippen LogP contribution in [0.5, 0.6) is 5.75 Å². The lowest BCUT2D eigenvalue weighted by atomic mass is 9.84. The highest BCUT2D eigenvalue weighted by molar-refractivity contribution is 5.74. The highest BCUT2D eigenvalue weighted by Gasteiger charge is 2.24. The molecule has 178 valence electrons. The Balaban J connectivity index is 1.91. The van der Waals surface area contributed by atoms with Gasteiger partial charge in [-0.05, 0) is 41.5 Å². The number of unbranched alkanes of at least 4 members (excludes halogenated alkanes) is 1. The molecule has 0 radical (unpaired) electrons. The number of ether oxygens (including phenoxy) is 1. The lowest BCUT2D eigenvalue weighted by Crippen LogP contribution is -2.22. The van der Waals surface area contributed by atoms with Gasteiger partial charge >= 0.3 is 0 Å². The molecule has 33 heavy (non-hydrogen) atoms. The van der Waals surface area contributed by atoms with Crippen molar-refractivity contribution in [1.29, 1.82) is 0 Å². The summed E-state index contributed by atoms with van der Waals surface area (Å²) in [5.74, 6) is 0.620. The Morgan fingerprint density at radius 1 is 1.12 bits per heavy atom. The summed E-state index contributed by atoms with van der Waals surface area (Å²) < 4.78 is 6.03. The molecule has 6 heteroatoms. The van der Waals surface area contributed by atoms with E-state index in [0.29, 0.717) is 24.6 Å². The molecular formula is C27H37N3O3. The van der Waals surface area contributed by atoms with E-state index in [1.165, 1.54) is 11.2 Å². The van der Waals surface area contributed by atoms with Gasteiger partial charge < -0.3 is 14.6 Å². The van der Waals surface area contributed by atoms with Gasteiger partial charge in [0.15, 0.2) is 0 Å². The van der Waals surface area contributed by atoms with Gasteiger partial charge in [0, 0.05) is 12.0 Å². The topological polar surface area (TPSA) is 77.2 Å². The summed E-state index contributed by atoms with van der Waals surface area (Å²) in [7, 11) is 0. The van der Waals surface area contributed by atoms with E-state index in [0.717, 1.165) is 47.7 Å². The van der Waals surface area contributed by atoms with E-state index in [-0.39, 0.29) is 11.2 Å². The summed E-state index contributed by atoms with van der Waals surface area (Å²) in [6.45, 7) is 11.1. The first kappa shape index (κ1) is 24.9. The average molecular weight is 452 g/mol. The van der Waals surface area contributed by atoms with Crippen LogP contribution in [0.25, 0.3) is 16.7 Å². The second kappa shape index (κ2) is 10.9. The minimum absolute atomic E-state index is 0.153.